The van der Waals surface area contributed by atoms with Gasteiger partial charge < -0.3 is 20.4 Å². The van der Waals surface area contributed by atoms with Crippen LogP contribution in [-0.2, 0) is 13.1 Å². The van der Waals surface area contributed by atoms with Gasteiger partial charge in [0, 0.05) is 43.7 Å². The highest BCUT2D eigenvalue weighted by Crippen LogP contribution is 2.35. The zero-order valence-electron chi connectivity index (χ0n) is 17.1. The van der Waals surface area contributed by atoms with Gasteiger partial charge in [0.15, 0.2) is 0 Å². The highest BCUT2D eigenvalue weighted by molar-refractivity contribution is 5.71. The lowest BCUT2D eigenvalue weighted by molar-refractivity contribution is -0.952. The topological polar surface area (TPSA) is 36.1 Å². The van der Waals surface area contributed by atoms with Crippen molar-refractivity contribution in [3.8, 4) is 11.1 Å². The molecule has 2 aromatic rings. The molecule has 2 aromatic carbocycles. The van der Waals surface area contributed by atoms with Gasteiger partial charge in [-0.2, -0.15) is 0 Å². The van der Waals surface area contributed by atoms with Crippen LogP contribution in [0, 0.1) is 0 Å². The fourth-order valence-electron chi connectivity index (χ4n) is 4.79. The van der Waals surface area contributed by atoms with Crippen molar-refractivity contribution >= 4 is 0 Å². The van der Waals surface area contributed by atoms with Crippen molar-refractivity contribution in [2.45, 2.75) is 25.9 Å². The first kappa shape index (κ1) is 19.6. The zero-order valence-corrected chi connectivity index (χ0v) is 17.1. The largest absolute Gasteiger partial charge is 0.315 e. The van der Waals surface area contributed by atoms with Gasteiger partial charge in [0.25, 0.3) is 0 Å². The van der Waals surface area contributed by atoms with Crippen LogP contribution in [0.25, 0.3) is 11.1 Å². The molecule has 0 radical (unpaired) electrons. The van der Waals surface area contributed by atoms with Crippen LogP contribution in [-0.4, -0.2) is 56.8 Å². The van der Waals surface area contributed by atoms with E-state index in [9.17, 15) is 0 Å². The number of benzene rings is 2. The number of nitrogens with zero attached hydrogens (tertiary/aromatic N) is 1. The molecule has 0 amide bonds. The number of nitrogens with one attached hydrogen (secondary N) is 3. The van der Waals surface area contributed by atoms with Gasteiger partial charge in [-0.05, 0) is 30.6 Å². The fourth-order valence-corrected chi connectivity index (χ4v) is 4.79. The summed E-state index contributed by atoms with van der Waals surface area (Å²) < 4.78 is 1.15. The zero-order chi connectivity index (χ0) is 19.1. The quantitative estimate of drug-likeness (QED) is 0.616. The summed E-state index contributed by atoms with van der Waals surface area (Å²) in [5, 5.41) is 10.9. The predicted molar refractivity (Wildman–Crippen MR) is 117 cm³/mol. The van der Waals surface area contributed by atoms with Gasteiger partial charge in [0.05, 0.1) is 13.1 Å². The molecule has 28 heavy (non-hydrogen) atoms. The maximum Gasteiger partial charge on any atom is 0.105 e. The van der Waals surface area contributed by atoms with E-state index in [2.05, 4.69) is 64.5 Å². The Hall–Kier alpha value is -1.72. The molecular weight excluding hydrogens is 344 g/mol. The number of hydrogen-bond donors (Lipinski definition) is 3. The Labute approximate surface area is 169 Å². The molecule has 0 unspecified atom stereocenters. The lowest BCUT2D eigenvalue weighted by Gasteiger charge is -2.39. The summed E-state index contributed by atoms with van der Waals surface area (Å²) in [6.45, 7) is 11.2. The molecule has 2 heterocycles. The number of fused-ring (bicyclic) bond motifs is 3. The summed E-state index contributed by atoms with van der Waals surface area (Å²) in [5.41, 5.74) is 5.88. The van der Waals surface area contributed by atoms with Crippen LogP contribution >= 0.6 is 0 Å². The second kappa shape index (κ2) is 9.66. The summed E-state index contributed by atoms with van der Waals surface area (Å²) in [6, 6.07) is 18.1. The Balaban J connectivity index is 1.61. The maximum atomic E-state index is 3.71. The van der Waals surface area contributed by atoms with E-state index >= 15 is 0 Å². The smallest absolute Gasteiger partial charge is 0.105 e. The Kier molecular flexibility index (Phi) is 6.76. The van der Waals surface area contributed by atoms with Gasteiger partial charge in [-0.25, -0.2) is 0 Å². The summed E-state index contributed by atoms with van der Waals surface area (Å²) in [6.07, 6.45) is 2.43. The minimum Gasteiger partial charge on any atom is -0.315 e. The first-order valence-corrected chi connectivity index (χ1v) is 11.0. The van der Waals surface area contributed by atoms with E-state index in [1.807, 2.05) is 0 Å². The van der Waals surface area contributed by atoms with E-state index in [1.54, 1.807) is 0 Å². The first-order chi connectivity index (χ1) is 13.9. The third kappa shape index (κ3) is 4.81. The normalized spacial score (nSPS) is 21.1. The third-order valence-electron chi connectivity index (χ3n) is 6.27. The van der Waals surface area contributed by atoms with Gasteiger partial charge >= 0.3 is 0 Å². The van der Waals surface area contributed by atoms with Gasteiger partial charge in [-0.15, -0.1) is 0 Å². The molecule has 0 aliphatic carbocycles. The lowest BCUT2D eigenvalue weighted by Crippen LogP contribution is -2.51. The summed E-state index contributed by atoms with van der Waals surface area (Å²) in [7, 11) is 0. The second-order valence-corrected chi connectivity index (χ2v) is 8.38. The van der Waals surface area contributed by atoms with Crippen molar-refractivity contribution < 1.29 is 4.48 Å². The molecule has 150 valence electrons. The van der Waals surface area contributed by atoms with E-state index in [0.717, 1.165) is 56.8 Å². The van der Waals surface area contributed by atoms with Crippen LogP contribution in [0.15, 0.2) is 48.5 Å². The standard InChI is InChI=1S/C24H35N4/c1-3-9-23-21(7-1)19-28(20-22-8-2-4-10-24(22)23)17-6-13-26-15-14-25-11-5-12-27-16-18-28/h1-4,7-10,25-27H,5-6,11-20H2/q+1. The average Bonchev–Trinajstić information content (AvgIpc) is 2.86. The summed E-state index contributed by atoms with van der Waals surface area (Å²) in [5.74, 6) is 0. The highest BCUT2D eigenvalue weighted by atomic mass is 15.4. The van der Waals surface area contributed by atoms with E-state index in [0.29, 0.717) is 0 Å². The summed E-state index contributed by atoms with van der Waals surface area (Å²) in [4.78, 5) is 0. The fraction of sp³-hybridized carbons (Fsp3) is 0.500. The van der Waals surface area contributed by atoms with Crippen molar-refractivity contribution in [3.05, 3.63) is 59.7 Å². The number of hydrogen-bond acceptors (Lipinski definition) is 3. The molecule has 4 heteroatoms. The van der Waals surface area contributed by atoms with E-state index in [1.165, 1.54) is 48.2 Å². The van der Waals surface area contributed by atoms with Crippen LogP contribution in [0.1, 0.15) is 24.0 Å². The van der Waals surface area contributed by atoms with E-state index in [4.69, 9.17) is 0 Å². The van der Waals surface area contributed by atoms with Crippen LogP contribution in [0.2, 0.25) is 0 Å². The van der Waals surface area contributed by atoms with Crippen molar-refractivity contribution in [2.24, 2.45) is 0 Å². The van der Waals surface area contributed by atoms with Crippen LogP contribution in [0.5, 0.6) is 0 Å². The van der Waals surface area contributed by atoms with Crippen molar-refractivity contribution in [2.75, 3.05) is 52.4 Å². The SMILES string of the molecule is c1ccc2c(c1)C[N+]1(CCCNCCNCCCNCC1)Cc1ccccc1-2. The van der Waals surface area contributed by atoms with Crippen LogP contribution < -0.4 is 16.0 Å². The molecule has 1 fully saturated rings. The number of rotatable bonds is 0. The average molecular weight is 380 g/mol. The summed E-state index contributed by atoms with van der Waals surface area (Å²) >= 11 is 0. The molecule has 0 aromatic heterocycles. The lowest BCUT2D eigenvalue weighted by atomic mass is 9.97. The molecule has 4 rings (SSSR count). The van der Waals surface area contributed by atoms with Gasteiger partial charge in [0.2, 0.25) is 0 Å². The van der Waals surface area contributed by atoms with E-state index in [-0.39, 0.29) is 0 Å². The third-order valence-corrected chi connectivity index (χ3v) is 6.27. The van der Waals surface area contributed by atoms with Crippen LogP contribution in [0.3, 0.4) is 0 Å². The molecule has 4 nitrogen and oxygen atoms in total. The number of quaternary nitrogens is 1. The predicted octanol–water partition coefficient (Wildman–Crippen LogP) is 2.75. The Bertz CT molecular complexity index is 694. The van der Waals surface area contributed by atoms with Crippen molar-refractivity contribution in [1.29, 1.82) is 0 Å². The first-order valence-electron chi connectivity index (χ1n) is 11.0. The molecule has 1 saturated heterocycles. The minimum atomic E-state index is 1.07. The molecule has 3 N–H and O–H groups in total. The van der Waals surface area contributed by atoms with Gasteiger partial charge in [-0.3, -0.25) is 0 Å². The Morgan fingerprint density at radius 1 is 0.536 bits per heavy atom. The monoisotopic (exact) mass is 379 g/mol. The molecule has 1 spiro atoms. The molecule has 0 saturated carbocycles. The highest BCUT2D eigenvalue weighted by Gasteiger charge is 2.32. The van der Waals surface area contributed by atoms with E-state index < -0.39 is 0 Å². The minimum absolute atomic E-state index is 1.07. The molecule has 0 atom stereocenters. The van der Waals surface area contributed by atoms with Crippen LogP contribution in [0.4, 0.5) is 0 Å². The Morgan fingerprint density at radius 3 is 1.71 bits per heavy atom. The maximum absolute atomic E-state index is 3.71. The van der Waals surface area contributed by atoms with Gasteiger partial charge in [0.1, 0.15) is 13.1 Å². The Morgan fingerprint density at radius 2 is 1.07 bits per heavy atom. The molecular formula is C24H35N4+. The van der Waals surface area contributed by atoms with Gasteiger partial charge in [-0.1, -0.05) is 48.5 Å². The molecule has 0 bridgehead atoms. The van der Waals surface area contributed by atoms with Crippen molar-refractivity contribution in [3.63, 3.8) is 0 Å². The second-order valence-electron chi connectivity index (χ2n) is 8.38. The van der Waals surface area contributed by atoms with Crippen molar-refractivity contribution in [1.82, 2.24) is 16.0 Å². The molecule has 2 aliphatic heterocycles. The molecule has 2 aliphatic rings.